The maximum absolute atomic E-state index is 13.4. The summed E-state index contributed by atoms with van der Waals surface area (Å²) in [5, 5.41) is 3.45. The molecule has 0 saturated carbocycles. The summed E-state index contributed by atoms with van der Waals surface area (Å²) in [5.41, 5.74) is 2.07. The Morgan fingerprint density at radius 3 is 2.50 bits per heavy atom. The highest BCUT2D eigenvalue weighted by Gasteiger charge is 2.23. The van der Waals surface area contributed by atoms with E-state index in [2.05, 4.69) is 5.32 Å². The number of furan rings is 1. The highest BCUT2D eigenvalue weighted by atomic mass is 19.1. The Morgan fingerprint density at radius 1 is 0.969 bits per heavy atom. The number of aryl methyl sites for hydroxylation is 1. The number of carbonyl (C=O) groups is 2. The van der Waals surface area contributed by atoms with E-state index in [0.717, 1.165) is 11.5 Å². The Morgan fingerprint density at radius 2 is 1.78 bits per heavy atom. The molecule has 0 spiro atoms. The second kappa shape index (κ2) is 8.55. The van der Waals surface area contributed by atoms with Crippen LogP contribution < -0.4 is 14.8 Å². The average Bonchev–Trinajstić information content (AvgIpc) is 3.13. The molecule has 0 aliphatic heterocycles. The fourth-order valence-electron chi connectivity index (χ4n) is 3.47. The predicted molar refractivity (Wildman–Crippen MR) is 118 cm³/mol. The first-order valence-electron chi connectivity index (χ1n) is 9.78. The number of nitrogens with one attached hydrogen (secondary N) is 1. The Kier molecular flexibility index (Phi) is 5.64. The van der Waals surface area contributed by atoms with Crippen LogP contribution in [-0.2, 0) is 0 Å². The van der Waals surface area contributed by atoms with Gasteiger partial charge in [0.25, 0.3) is 5.91 Å². The zero-order chi connectivity index (χ0) is 22.8. The van der Waals surface area contributed by atoms with E-state index < -0.39 is 11.7 Å². The van der Waals surface area contributed by atoms with Crippen LogP contribution in [0.3, 0.4) is 0 Å². The van der Waals surface area contributed by atoms with Crippen molar-refractivity contribution in [1.82, 2.24) is 0 Å². The van der Waals surface area contributed by atoms with Crippen LogP contribution in [0.1, 0.15) is 32.0 Å². The summed E-state index contributed by atoms with van der Waals surface area (Å²) < 4.78 is 29.8. The summed E-state index contributed by atoms with van der Waals surface area (Å²) in [7, 11) is 3.00. The molecule has 1 heterocycles. The summed E-state index contributed by atoms with van der Waals surface area (Å²) in [4.78, 5) is 25.6. The first-order valence-corrected chi connectivity index (χ1v) is 9.78. The molecule has 0 aliphatic carbocycles. The molecule has 0 aliphatic rings. The summed E-state index contributed by atoms with van der Waals surface area (Å²) in [5.74, 6) is -0.209. The molecular formula is C25H20FNO5. The van der Waals surface area contributed by atoms with Crippen LogP contribution in [0.2, 0.25) is 0 Å². The van der Waals surface area contributed by atoms with Crippen LogP contribution in [-0.4, -0.2) is 25.9 Å². The van der Waals surface area contributed by atoms with E-state index in [0.29, 0.717) is 33.9 Å². The van der Waals surface area contributed by atoms with Gasteiger partial charge in [0.05, 0.1) is 19.8 Å². The molecule has 0 bridgehead atoms. The van der Waals surface area contributed by atoms with Gasteiger partial charge in [-0.15, -0.1) is 0 Å². The van der Waals surface area contributed by atoms with Crippen molar-refractivity contribution < 1.29 is 27.9 Å². The third kappa shape index (κ3) is 3.92. The zero-order valence-corrected chi connectivity index (χ0v) is 17.7. The number of fused-ring (bicyclic) bond motifs is 1. The number of ether oxygens (including phenoxy) is 2. The minimum Gasteiger partial charge on any atom is -0.497 e. The van der Waals surface area contributed by atoms with Crippen LogP contribution >= 0.6 is 0 Å². The van der Waals surface area contributed by atoms with Crippen molar-refractivity contribution in [3.8, 4) is 11.5 Å². The first-order chi connectivity index (χ1) is 15.4. The van der Waals surface area contributed by atoms with Crippen molar-refractivity contribution in [3.05, 3.63) is 88.9 Å². The zero-order valence-electron chi connectivity index (χ0n) is 17.7. The van der Waals surface area contributed by atoms with Gasteiger partial charge in [-0.25, -0.2) is 4.39 Å². The lowest BCUT2D eigenvalue weighted by atomic mass is 10.0. The lowest BCUT2D eigenvalue weighted by Crippen LogP contribution is -2.11. The van der Waals surface area contributed by atoms with E-state index in [1.807, 2.05) is 0 Å². The second-order valence-electron chi connectivity index (χ2n) is 7.13. The van der Waals surface area contributed by atoms with Gasteiger partial charge in [0.2, 0.25) is 5.78 Å². The molecule has 4 rings (SSSR count). The predicted octanol–water partition coefficient (Wildman–Crippen LogP) is 5.38. The van der Waals surface area contributed by atoms with Crippen molar-refractivity contribution in [2.45, 2.75) is 6.92 Å². The molecule has 32 heavy (non-hydrogen) atoms. The van der Waals surface area contributed by atoms with Crippen LogP contribution in [0.25, 0.3) is 11.0 Å². The van der Waals surface area contributed by atoms with Crippen molar-refractivity contribution >= 4 is 28.3 Å². The molecule has 0 unspecified atom stereocenters. The smallest absolute Gasteiger partial charge is 0.255 e. The van der Waals surface area contributed by atoms with Gasteiger partial charge < -0.3 is 19.2 Å². The standard InChI is InChI=1S/C25H20FNO5/c1-14-19-9-7-17(27-25(29)15-5-4-6-16(26)11-15)12-22(19)32-24(14)23(28)20-13-18(30-2)8-10-21(20)31-3/h4-13H,1-3H3,(H,27,29). The molecule has 1 amide bonds. The van der Waals surface area contributed by atoms with Gasteiger partial charge >= 0.3 is 0 Å². The number of carbonyl (C=O) groups excluding carboxylic acids is 2. The van der Waals surface area contributed by atoms with E-state index >= 15 is 0 Å². The van der Waals surface area contributed by atoms with Gasteiger partial charge in [0.15, 0.2) is 5.76 Å². The van der Waals surface area contributed by atoms with Crippen molar-refractivity contribution in [3.63, 3.8) is 0 Å². The molecule has 1 aromatic heterocycles. The van der Waals surface area contributed by atoms with Gasteiger partial charge in [0, 0.05) is 28.3 Å². The van der Waals surface area contributed by atoms with E-state index in [9.17, 15) is 14.0 Å². The van der Waals surface area contributed by atoms with Gasteiger partial charge in [0.1, 0.15) is 22.9 Å². The third-order valence-corrected chi connectivity index (χ3v) is 5.14. The van der Waals surface area contributed by atoms with Crippen molar-refractivity contribution in [2.75, 3.05) is 19.5 Å². The number of methoxy groups -OCH3 is 2. The number of ketones is 1. The van der Waals surface area contributed by atoms with Crippen LogP contribution in [0.5, 0.6) is 11.5 Å². The molecule has 0 radical (unpaired) electrons. The van der Waals surface area contributed by atoms with Gasteiger partial charge in [-0.1, -0.05) is 6.07 Å². The topological polar surface area (TPSA) is 77.8 Å². The van der Waals surface area contributed by atoms with Crippen LogP contribution in [0, 0.1) is 12.7 Å². The van der Waals surface area contributed by atoms with E-state index in [1.165, 1.54) is 32.4 Å². The lowest BCUT2D eigenvalue weighted by molar-refractivity contribution is 0.100. The number of hydrogen-bond acceptors (Lipinski definition) is 5. The average molecular weight is 433 g/mol. The third-order valence-electron chi connectivity index (χ3n) is 5.14. The Balaban J connectivity index is 1.67. The maximum atomic E-state index is 13.4. The number of hydrogen-bond donors (Lipinski definition) is 1. The largest absolute Gasteiger partial charge is 0.497 e. The van der Waals surface area contributed by atoms with Gasteiger partial charge in [-0.05, 0) is 55.5 Å². The quantitative estimate of drug-likeness (QED) is 0.413. The molecule has 0 fully saturated rings. The number of benzene rings is 3. The maximum Gasteiger partial charge on any atom is 0.255 e. The Bertz CT molecular complexity index is 1340. The Hall–Kier alpha value is -4.13. The highest BCUT2D eigenvalue weighted by molar-refractivity contribution is 6.12. The minimum atomic E-state index is -0.495. The summed E-state index contributed by atoms with van der Waals surface area (Å²) >= 11 is 0. The van der Waals surface area contributed by atoms with Crippen LogP contribution in [0.4, 0.5) is 10.1 Å². The van der Waals surface area contributed by atoms with E-state index in [4.69, 9.17) is 13.9 Å². The molecule has 7 heteroatoms. The highest BCUT2D eigenvalue weighted by Crippen LogP contribution is 2.32. The Labute approximate surface area is 183 Å². The number of anilines is 1. The summed E-state index contributed by atoms with van der Waals surface area (Å²) in [6.45, 7) is 1.79. The lowest BCUT2D eigenvalue weighted by Gasteiger charge is -2.08. The van der Waals surface area contributed by atoms with E-state index in [1.54, 1.807) is 43.3 Å². The van der Waals surface area contributed by atoms with Crippen LogP contribution in [0.15, 0.2) is 65.1 Å². The fourth-order valence-corrected chi connectivity index (χ4v) is 3.47. The molecule has 6 nitrogen and oxygen atoms in total. The second-order valence-corrected chi connectivity index (χ2v) is 7.13. The van der Waals surface area contributed by atoms with Crippen molar-refractivity contribution in [1.29, 1.82) is 0 Å². The molecule has 0 saturated heterocycles. The first kappa shape index (κ1) is 21.1. The molecule has 0 atom stereocenters. The minimum absolute atomic E-state index is 0.167. The molecule has 3 aromatic carbocycles. The normalized spacial score (nSPS) is 10.8. The molecular weight excluding hydrogens is 413 g/mol. The molecule has 4 aromatic rings. The monoisotopic (exact) mass is 433 g/mol. The number of amides is 1. The van der Waals surface area contributed by atoms with E-state index in [-0.39, 0.29) is 17.1 Å². The number of halogens is 1. The summed E-state index contributed by atoms with van der Waals surface area (Å²) in [6, 6.07) is 15.4. The fraction of sp³-hybridized carbons (Fsp3) is 0.120. The summed E-state index contributed by atoms with van der Waals surface area (Å²) in [6.07, 6.45) is 0. The van der Waals surface area contributed by atoms with Gasteiger partial charge in [-0.2, -0.15) is 0 Å². The SMILES string of the molecule is COc1ccc(OC)c(C(=O)c2oc3cc(NC(=O)c4cccc(F)c4)ccc3c2C)c1. The van der Waals surface area contributed by atoms with Crippen molar-refractivity contribution in [2.24, 2.45) is 0 Å². The molecule has 162 valence electrons. The molecule has 1 N–H and O–H groups in total. The van der Waals surface area contributed by atoms with Gasteiger partial charge in [-0.3, -0.25) is 9.59 Å². The number of rotatable bonds is 6.